The number of hydrogen-bond acceptors (Lipinski definition) is 4. The van der Waals surface area contributed by atoms with Crippen molar-refractivity contribution in [3.8, 4) is 10.6 Å². The number of carbonyl (C=O) groups is 1. The van der Waals surface area contributed by atoms with Gasteiger partial charge in [0.1, 0.15) is 9.88 Å². The zero-order valence-electron chi connectivity index (χ0n) is 9.80. The molecule has 5 heteroatoms. The molecule has 2 N–H and O–H groups in total. The average molecular weight is 262 g/mol. The van der Waals surface area contributed by atoms with E-state index in [-0.39, 0.29) is 12.5 Å². The molecular weight excluding hydrogens is 248 g/mol. The maximum Gasteiger partial charge on any atom is 0.263 e. The molecule has 0 saturated heterocycles. The van der Waals surface area contributed by atoms with Crippen molar-refractivity contribution in [3.05, 3.63) is 41.4 Å². The molecule has 0 fully saturated rings. The molecule has 1 amide bonds. The molecule has 0 atom stereocenters. The van der Waals surface area contributed by atoms with Crippen LogP contribution in [0.5, 0.6) is 0 Å². The number of carbonyl (C=O) groups excluding carboxylic acids is 1. The molecule has 2 aromatic rings. The Hall–Kier alpha value is -1.72. The Bertz CT molecular complexity index is 511. The zero-order valence-corrected chi connectivity index (χ0v) is 10.6. The van der Waals surface area contributed by atoms with Gasteiger partial charge in [-0.25, -0.2) is 4.98 Å². The van der Waals surface area contributed by atoms with E-state index in [4.69, 9.17) is 5.11 Å². The lowest BCUT2D eigenvalue weighted by atomic mass is 10.2. The second-order valence-corrected chi connectivity index (χ2v) is 4.76. The zero-order chi connectivity index (χ0) is 12.8. The first-order chi connectivity index (χ1) is 8.81. The van der Waals surface area contributed by atoms with Gasteiger partial charge in [-0.05, 0) is 6.42 Å². The molecule has 1 aromatic heterocycles. The third kappa shape index (κ3) is 3.15. The van der Waals surface area contributed by atoms with Crippen molar-refractivity contribution in [2.45, 2.75) is 6.42 Å². The maximum absolute atomic E-state index is 11.7. The second kappa shape index (κ2) is 6.28. The number of aromatic nitrogens is 1. The van der Waals surface area contributed by atoms with Gasteiger partial charge in [0, 0.05) is 18.7 Å². The van der Waals surface area contributed by atoms with Crippen LogP contribution in [-0.4, -0.2) is 29.1 Å². The van der Waals surface area contributed by atoms with Crippen molar-refractivity contribution in [1.82, 2.24) is 10.3 Å². The van der Waals surface area contributed by atoms with E-state index in [0.717, 1.165) is 10.6 Å². The Balaban J connectivity index is 2.04. The number of thiazole rings is 1. The highest BCUT2D eigenvalue weighted by Gasteiger charge is 2.10. The van der Waals surface area contributed by atoms with Crippen LogP contribution in [0.25, 0.3) is 10.6 Å². The summed E-state index contributed by atoms with van der Waals surface area (Å²) in [5, 5.41) is 12.2. The maximum atomic E-state index is 11.7. The van der Waals surface area contributed by atoms with Crippen LogP contribution in [0.15, 0.2) is 36.5 Å². The van der Waals surface area contributed by atoms with Crippen molar-refractivity contribution in [1.29, 1.82) is 0 Å². The van der Waals surface area contributed by atoms with E-state index in [1.165, 1.54) is 11.3 Å². The Morgan fingerprint density at radius 2 is 2.11 bits per heavy atom. The summed E-state index contributed by atoms with van der Waals surface area (Å²) in [6.45, 7) is 0.562. The van der Waals surface area contributed by atoms with E-state index in [1.54, 1.807) is 6.20 Å². The SMILES string of the molecule is O=C(NCCCO)c1cnc(-c2ccccc2)s1. The number of aliphatic hydroxyl groups is 1. The number of nitrogens with zero attached hydrogens (tertiary/aromatic N) is 1. The Labute approximate surface area is 109 Å². The Morgan fingerprint density at radius 1 is 1.33 bits per heavy atom. The molecule has 0 radical (unpaired) electrons. The number of benzene rings is 1. The Kier molecular flexibility index (Phi) is 4.44. The molecule has 0 saturated carbocycles. The first-order valence-electron chi connectivity index (χ1n) is 5.71. The third-order valence-corrected chi connectivity index (χ3v) is 3.42. The molecule has 0 spiro atoms. The minimum Gasteiger partial charge on any atom is -0.396 e. The largest absolute Gasteiger partial charge is 0.396 e. The van der Waals surface area contributed by atoms with Crippen LogP contribution in [0.1, 0.15) is 16.1 Å². The fraction of sp³-hybridized carbons (Fsp3) is 0.231. The van der Waals surface area contributed by atoms with Crippen molar-refractivity contribution in [3.63, 3.8) is 0 Å². The molecule has 4 nitrogen and oxygen atoms in total. The molecular formula is C13H14N2O2S. The molecule has 0 aliphatic heterocycles. The van der Waals surface area contributed by atoms with Gasteiger partial charge in [0.25, 0.3) is 5.91 Å². The summed E-state index contributed by atoms with van der Waals surface area (Å²) in [7, 11) is 0. The molecule has 0 aliphatic rings. The summed E-state index contributed by atoms with van der Waals surface area (Å²) < 4.78 is 0. The van der Waals surface area contributed by atoms with Gasteiger partial charge in [0.15, 0.2) is 0 Å². The van der Waals surface area contributed by atoms with Gasteiger partial charge >= 0.3 is 0 Å². The number of aliphatic hydroxyl groups excluding tert-OH is 1. The van der Waals surface area contributed by atoms with Crippen LogP contribution in [0.2, 0.25) is 0 Å². The second-order valence-electron chi connectivity index (χ2n) is 3.73. The van der Waals surface area contributed by atoms with E-state index in [2.05, 4.69) is 10.3 Å². The van der Waals surface area contributed by atoms with Gasteiger partial charge in [0.2, 0.25) is 0 Å². The fourth-order valence-electron chi connectivity index (χ4n) is 1.46. The van der Waals surface area contributed by atoms with Gasteiger partial charge in [-0.3, -0.25) is 4.79 Å². The van der Waals surface area contributed by atoms with Gasteiger partial charge in [-0.15, -0.1) is 11.3 Å². The predicted octanol–water partition coefficient (Wildman–Crippen LogP) is 1.92. The van der Waals surface area contributed by atoms with Crippen LogP contribution < -0.4 is 5.32 Å². The minimum atomic E-state index is -0.136. The highest BCUT2D eigenvalue weighted by atomic mass is 32.1. The van der Waals surface area contributed by atoms with Crippen LogP contribution in [0.3, 0.4) is 0 Å². The lowest BCUT2D eigenvalue weighted by molar-refractivity contribution is 0.0955. The summed E-state index contributed by atoms with van der Waals surface area (Å²) in [4.78, 5) is 16.6. The molecule has 1 heterocycles. The van der Waals surface area contributed by atoms with Gasteiger partial charge in [0.05, 0.1) is 6.20 Å². The Morgan fingerprint density at radius 3 is 2.83 bits per heavy atom. The van der Waals surface area contributed by atoms with Crippen molar-refractivity contribution >= 4 is 17.2 Å². The van der Waals surface area contributed by atoms with Crippen LogP contribution in [0, 0.1) is 0 Å². The smallest absolute Gasteiger partial charge is 0.263 e. The summed E-state index contributed by atoms with van der Waals surface area (Å²) in [5.74, 6) is -0.136. The topological polar surface area (TPSA) is 62.2 Å². The molecule has 94 valence electrons. The van der Waals surface area contributed by atoms with E-state index in [1.807, 2.05) is 30.3 Å². The first-order valence-corrected chi connectivity index (χ1v) is 6.53. The minimum absolute atomic E-state index is 0.0816. The summed E-state index contributed by atoms with van der Waals surface area (Å²) in [6, 6.07) is 9.76. The van der Waals surface area contributed by atoms with Crippen LogP contribution in [0.4, 0.5) is 0 Å². The number of rotatable bonds is 5. The molecule has 18 heavy (non-hydrogen) atoms. The third-order valence-electron chi connectivity index (χ3n) is 2.37. The van der Waals surface area contributed by atoms with E-state index in [9.17, 15) is 4.79 Å². The molecule has 0 aliphatic carbocycles. The predicted molar refractivity (Wildman–Crippen MR) is 71.6 cm³/mol. The monoisotopic (exact) mass is 262 g/mol. The van der Waals surface area contributed by atoms with Crippen LogP contribution >= 0.6 is 11.3 Å². The summed E-state index contributed by atoms with van der Waals surface area (Å²) in [5.41, 5.74) is 1.01. The molecule has 0 unspecified atom stereocenters. The highest BCUT2D eigenvalue weighted by Crippen LogP contribution is 2.24. The average Bonchev–Trinajstić information content (AvgIpc) is 2.89. The van der Waals surface area contributed by atoms with Crippen molar-refractivity contribution < 1.29 is 9.90 Å². The first kappa shape index (κ1) is 12.7. The number of hydrogen-bond donors (Lipinski definition) is 2. The molecule has 0 bridgehead atoms. The lowest BCUT2D eigenvalue weighted by Crippen LogP contribution is -2.24. The number of nitrogens with one attached hydrogen (secondary N) is 1. The van der Waals surface area contributed by atoms with E-state index < -0.39 is 0 Å². The van der Waals surface area contributed by atoms with Crippen LogP contribution in [-0.2, 0) is 0 Å². The van der Waals surface area contributed by atoms with E-state index >= 15 is 0 Å². The van der Waals surface area contributed by atoms with E-state index in [0.29, 0.717) is 17.8 Å². The molecule has 1 aromatic carbocycles. The summed E-state index contributed by atoms with van der Waals surface area (Å²) in [6.07, 6.45) is 2.15. The van der Waals surface area contributed by atoms with Gasteiger partial charge in [-0.1, -0.05) is 30.3 Å². The standard InChI is InChI=1S/C13H14N2O2S/c16-8-4-7-14-12(17)11-9-15-13(18-11)10-5-2-1-3-6-10/h1-3,5-6,9,16H,4,7-8H2,(H,14,17). The fourth-order valence-corrected chi connectivity index (χ4v) is 2.30. The number of amides is 1. The normalized spacial score (nSPS) is 10.3. The van der Waals surface area contributed by atoms with Gasteiger partial charge in [-0.2, -0.15) is 0 Å². The van der Waals surface area contributed by atoms with Gasteiger partial charge < -0.3 is 10.4 Å². The van der Waals surface area contributed by atoms with Crippen molar-refractivity contribution in [2.75, 3.05) is 13.2 Å². The highest BCUT2D eigenvalue weighted by molar-refractivity contribution is 7.16. The van der Waals surface area contributed by atoms with Crippen molar-refractivity contribution in [2.24, 2.45) is 0 Å². The quantitative estimate of drug-likeness (QED) is 0.809. The lowest BCUT2D eigenvalue weighted by Gasteiger charge is -2.00. The molecule has 2 rings (SSSR count). The summed E-state index contributed by atoms with van der Waals surface area (Å²) >= 11 is 1.37.